The number of rotatable bonds is 17. The zero-order valence-corrected chi connectivity index (χ0v) is 21.5. The molecule has 0 radical (unpaired) electrons. The lowest BCUT2D eigenvalue weighted by Crippen LogP contribution is -2.55. The van der Waals surface area contributed by atoms with E-state index in [4.69, 9.17) is 5.73 Å². The molecule has 0 spiro atoms. The Morgan fingerprint density at radius 1 is 1.22 bits per heavy atom. The number of nitrogens with zero attached hydrogens (tertiary/aromatic N) is 1. The summed E-state index contributed by atoms with van der Waals surface area (Å²) < 4.78 is 0. The number of aliphatic carboxylic acids is 1. The predicted molar refractivity (Wildman–Crippen MR) is 136 cm³/mol. The van der Waals surface area contributed by atoms with E-state index < -0.39 is 53.9 Å². The van der Waals surface area contributed by atoms with Gasteiger partial charge in [0.05, 0.1) is 0 Å². The quantitative estimate of drug-likeness (QED) is 0.109. The molecular weight excluding hydrogens is 466 g/mol. The molecule has 1 heterocycles. The first kappa shape index (κ1) is 30.8. The number of hydrogen-bond acceptors (Lipinski definition) is 6. The lowest BCUT2D eigenvalue weighted by atomic mass is 10.0. The van der Waals surface area contributed by atoms with E-state index in [2.05, 4.69) is 22.5 Å². The summed E-state index contributed by atoms with van der Waals surface area (Å²) in [6, 6.07) is -4.15. The molecule has 11 heteroatoms. The molecule has 202 valence electrons. The van der Waals surface area contributed by atoms with Crippen LogP contribution >= 0.6 is 0 Å². The van der Waals surface area contributed by atoms with Crippen LogP contribution in [0.4, 0.5) is 0 Å². The molecule has 0 aliphatic carbocycles. The van der Waals surface area contributed by atoms with Crippen molar-refractivity contribution < 1.29 is 29.1 Å². The van der Waals surface area contributed by atoms with Crippen molar-refractivity contribution in [1.82, 2.24) is 20.9 Å². The topological polar surface area (TPSA) is 171 Å². The molecule has 1 saturated heterocycles. The van der Waals surface area contributed by atoms with Gasteiger partial charge in [-0.25, -0.2) is 4.79 Å². The van der Waals surface area contributed by atoms with Crippen LogP contribution < -0.4 is 21.7 Å². The van der Waals surface area contributed by atoms with Crippen molar-refractivity contribution >= 4 is 30.1 Å². The SMILES string of the molecule is C=C(/C=C\C)CC(C(=O)NC(CCCCN)C(=O)O)N1C(=O)C(NC(=O)C(CCC)NC=O)CC1C. The van der Waals surface area contributed by atoms with Gasteiger partial charge in [-0.2, -0.15) is 0 Å². The zero-order valence-electron chi connectivity index (χ0n) is 21.5. The van der Waals surface area contributed by atoms with Gasteiger partial charge in [-0.3, -0.25) is 19.2 Å². The van der Waals surface area contributed by atoms with Gasteiger partial charge in [0.1, 0.15) is 24.2 Å². The number of carboxylic acid groups (broad SMARTS) is 1. The molecule has 36 heavy (non-hydrogen) atoms. The van der Waals surface area contributed by atoms with Gasteiger partial charge in [0.25, 0.3) is 0 Å². The van der Waals surface area contributed by atoms with Crippen molar-refractivity contribution in [3.63, 3.8) is 0 Å². The van der Waals surface area contributed by atoms with E-state index >= 15 is 0 Å². The van der Waals surface area contributed by atoms with Crippen LogP contribution in [0, 0.1) is 0 Å². The molecule has 1 aliphatic heterocycles. The van der Waals surface area contributed by atoms with Crippen LogP contribution in [0.3, 0.4) is 0 Å². The maximum absolute atomic E-state index is 13.4. The third kappa shape index (κ3) is 9.10. The molecule has 5 atom stereocenters. The number of amides is 4. The summed E-state index contributed by atoms with van der Waals surface area (Å²) in [5.41, 5.74) is 6.09. The fourth-order valence-electron chi connectivity index (χ4n) is 4.35. The van der Waals surface area contributed by atoms with E-state index in [0.29, 0.717) is 44.2 Å². The Bertz CT molecular complexity index is 830. The van der Waals surface area contributed by atoms with E-state index in [-0.39, 0.29) is 19.3 Å². The molecule has 5 unspecified atom stereocenters. The maximum Gasteiger partial charge on any atom is 0.326 e. The summed E-state index contributed by atoms with van der Waals surface area (Å²) in [7, 11) is 0. The highest BCUT2D eigenvalue weighted by atomic mass is 16.4. The molecule has 6 N–H and O–H groups in total. The van der Waals surface area contributed by atoms with Crippen LogP contribution in [0.2, 0.25) is 0 Å². The minimum absolute atomic E-state index is 0.104. The first-order valence-corrected chi connectivity index (χ1v) is 12.5. The second-order valence-corrected chi connectivity index (χ2v) is 9.08. The second-order valence-electron chi connectivity index (χ2n) is 9.08. The third-order valence-corrected chi connectivity index (χ3v) is 6.14. The second kappa shape index (κ2) is 15.7. The molecule has 1 aliphatic rings. The molecule has 0 aromatic rings. The molecule has 11 nitrogen and oxygen atoms in total. The molecule has 0 aromatic carbocycles. The average Bonchev–Trinajstić information content (AvgIpc) is 3.09. The smallest absolute Gasteiger partial charge is 0.326 e. The Hall–Kier alpha value is -3.21. The van der Waals surface area contributed by atoms with Gasteiger partial charge in [0.2, 0.25) is 24.1 Å². The Morgan fingerprint density at radius 2 is 1.92 bits per heavy atom. The van der Waals surface area contributed by atoms with Gasteiger partial charge in [0, 0.05) is 12.5 Å². The van der Waals surface area contributed by atoms with Gasteiger partial charge in [-0.15, -0.1) is 0 Å². The number of allylic oxidation sites excluding steroid dienone is 2. The largest absolute Gasteiger partial charge is 0.480 e. The molecule has 1 fully saturated rings. The van der Waals surface area contributed by atoms with Crippen molar-refractivity contribution in [1.29, 1.82) is 0 Å². The highest BCUT2D eigenvalue weighted by Gasteiger charge is 2.44. The number of carbonyl (C=O) groups excluding carboxylic acids is 4. The summed E-state index contributed by atoms with van der Waals surface area (Å²) in [6.07, 6.45) is 6.75. The van der Waals surface area contributed by atoms with Gasteiger partial charge in [-0.1, -0.05) is 37.6 Å². The molecule has 0 aromatic heterocycles. The summed E-state index contributed by atoms with van der Waals surface area (Å²) in [6.45, 7) is 9.81. The normalized spacial score (nSPS) is 20.0. The lowest BCUT2D eigenvalue weighted by Gasteiger charge is -2.32. The van der Waals surface area contributed by atoms with Crippen LogP contribution in [-0.2, 0) is 24.0 Å². The number of nitrogens with one attached hydrogen (secondary N) is 3. The Balaban J connectivity index is 3.12. The fourth-order valence-corrected chi connectivity index (χ4v) is 4.35. The Labute approximate surface area is 212 Å². The summed E-state index contributed by atoms with van der Waals surface area (Å²) in [4.78, 5) is 63.4. The van der Waals surface area contributed by atoms with Gasteiger partial charge >= 0.3 is 5.97 Å². The van der Waals surface area contributed by atoms with Crippen molar-refractivity contribution in [2.75, 3.05) is 6.54 Å². The predicted octanol–water partition coefficient (Wildman–Crippen LogP) is 0.596. The minimum Gasteiger partial charge on any atom is -0.480 e. The van der Waals surface area contributed by atoms with E-state index in [9.17, 15) is 29.1 Å². The third-order valence-electron chi connectivity index (χ3n) is 6.14. The molecule has 0 bridgehead atoms. The Morgan fingerprint density at radius 3 is 2.47 bits per heavy atom. The lowest BCUT2D eigenvalue weighted by molar-refractivity contribution is -0.145. The highest BCUT2D eigenvalue weighted by Crippen LogP contribution is 2.26. The van der Waals surface area contributed by atoms with E-state index in [0.717, 1.165) is 0 Å². The molecule has 0 saturated carbocycles. The van der Waals surface area contributed by atoms with Crippen LogP contribution in [0.5, 0.6) is 0 Å². The van der Waals surface area contributed by atoms with Gasteiger partial charge < -0.3 is 31.7 Å². The number of unbranched alkanes of at least 4 members (excludes halogenated alkanes) is 1. The molecule has 4 amide bonds. The summed E-state index contributed by atoms with van der Waals surface area (Å²) in [5, 5.41) is 17.3. The Kier molecular flexibility index (Phi) is 13.5. The van der Waals surface area contributed by atoms with Crippen LogP contribution in [0.25, 0.3) is 0 Å². The highest BCUT2D eigenvalue weighted by molar-refractivity contribution is 5.96. The van der Waals surface area contributed by atoms with Crippen LogP contribution in [-0.4, -0.2) is 76.9 Å². The number of nitrogens with two attached hydrogens (primary N) is 1. The van der Waals surface area contributed by atoms with Crippen molar-refractivity contribution in [2.24, 2.45) is 5.73 Å². The number of hydrogen-bond donors (Lipinski definition) is 5. The first-order chi connectivity index (χ1) is 17.1. The van der Waals surface area contributed by atoms with Crippen molar-refractivity contribution in [3.05, 3.63) is 24.3 Å². The van der Waals surface area contributed by atoms with Crippen LogP contribution in [0.1, 0.15) is 65.7 Å². The summed E-state index contributed by atoms with van der Waals surface area (Å²) >= 11 is 0. The van der Waals surface area contributed by atoms with Crippen molar-refractivity contribution in [2.45, 2.75) is 95.9 Å². The summed E-state index contributed by atoms with van der Waals surface area (Å²) in [5.74, 6) is -2.68. The van der Waals surface area contributed by atoms with E-state index in [1.807, 2.05) is 6.92 Å². The number of carbonyl (C=O) groups is 5. The minimum atomic E-state index is -1.16. The first-order valence-electron chi connectivity index (χ1n) is 12.5. The maximum atomic E-state index is 13.4. The monoisotopic (exact) mass is 507 g/mol. The fraction of sp³-hybridized carbons (Fsp3) is 0.640. The molecular formula is C25H41N5O6. The molecule has 1 rings (SSSR count). The van der Waals surface area contributed by atoms with Gasteiger partial charge in [0.15, 0.2) is 0 Å². The standard InChI is InChI=1S/C25H41N5O6/c1-5-9-16(3)13-21(23(33)28-19(25(35)36)11-7-8-12-26)30-17(4)14-20(24(30)34)29-22(32)18(10-6-2)27-15-31/h5,9,15,17-21H,3,6-8,10-14,26H2,1-2,4H3,(H,27,31)(H,28,33)(H,29,32)(H,35,36)/b9-5-. The van der Waals surface area contributed by atoms with E-state index in [1.165, 1.54) is 4.90 Å². The number of carboxylic acids is 1. The van der Waals surface area contributed by atoms with E-state index in [1.54, 1.807) is 26.0 Å². The average molecular weight is 508 g/mol. The zero-order chi connectivity index (χ0) is 27.3. The van der Waals surface area contributed by atoms with Crippen LogP contribution in [0.15, 0.2) is 24.3 Å². The van der Waals surface area contributed by atoms with Gasteiger partial charge in [-0.05, 0) is 52.5 Å². The number of likely N-dealkylation sites (tertiary alicyclic amines) is 1. The van der Waals surface area contributed by atoms with Crippen molar-refractivity contribution in [3.8, 4) is 0 Å².